The van der Waals surface area contributed by atoms with E-state index in [4.69, 9.17) is 0 Å². The van der Waals surface area contributed by atoms with Crippen molar-refractivity contribution in [1.29, 1.82) is 0 Å². The van der Waals surface area contributed by atoms with E-state index in [2.05, 4.69) is 5.32 Å². The number of rotatable bonds is 4. The number of phenols is 1. The maximum Gasteiger partial charge on any atom is 0.232 e. The second-order valence-corrected chi connectivity index (χ2v) is 4.88. The Morgan fingerprint density at radius 1 is 1.20 bits per heavy atom. The Labute approximate surface area is 119 Å². The van der Waals surface area contributed by atoms with Crippen molar-refractivity contribution >= 4 is 11.6 Å². The number of nitrogens with one attached hydrogen (secondary N) is 1. The zero-order chi connectivity index (χ0) is 14.5. The maximum atomic E-state index is 12.4. The van der Waals surface area contributed by atoms with Crippen molar-refractivity contribution in [1.82, 2.24) is 0 Å². The molecule has 0 saturated carbocycles. The molecule has 2 rings (SSSR count). The second kappa shape index (κ2) is 6.24. The van der Waals surface area contributed by atoms with Crippen LogP contribution in [-0.4, -0.2) is 11.0 Å². The van der Waals surface area contributed by atoms with Crippen molar-refractivity contribution < 1.29 is 9.90 Å². The van der Waals surface area contributed by atoms with Gasteiger partial charge >= 0.3 is 0 Å². The highest BCUT2D eigenvalue weighted by atomic mass is 16.3. The lowest BCUT2D eigenvalue weighted by Crippen LogP contribution is -2.20. The van der Waals surface area contributed by atoms with Crippen molar-refractivity contribution in [3.8, 4) is 5.75 Å². The molecule has 1 unspecified atom stereocenters. The number of amides is 1. The van der Waals surface area contributed by atoms with Crippen molar-refractivity contribution in [3.63, 3.8) is 0 Å². The first-order valence-corrected chi connectivity index (χ1v) is 6.77. The number of phenolic OH excluding ortho intramolecular Hbond substituents is 1. The number of anilines is 1. The summed E-state index contributed by atoms with van der Waals surface area (Å²) in [5, 5.41) is 12.6. The molecule has 104 valence electrons. The topological polar surface area (TPSA) is 49.3 Å². The van der Waals surface area contributed by atoms with E-state index in [9.17, 15) is 9.90 Å². The molecule has 1 amide bonds. The van der Waals surface area contributed by atoms with Crippen LogP contribution in [0, 0.1) is 6.92 Å². The van der Waals surface area contributed by atoms with Gasteiger partial charge in [-0.3, -0.25) is 4.79 Å². The Balaban J connectivity index is 2.20. The highest BCUT2D eigenvalue weighted by Crippen LogP contribution is 2.27. The molecule has 2 N–H and O–H groups in total. The molecule has 0 bridgehead atoms. The Morgan fingerprint density at radius 2 is 1.90 bits per heavy atom. The molecule has 1 atom stereocenters. The van der Waals surface area contributed by atoms with Crippen LogP contribution in [0.2, 0.25) is 0 Å². The van der Waals surface area contributed by atoms with Crippen molar-refractivity contribution in [2.24, 2.45) is 0 Å². The smallest absolute Gasteiger partial charge is 0.232 e. The summed E-state index contributed by atoms with van der Waals surface area (Å²) in [5.41, 5.74) is 2.44. The predicted molar refractivity (Wildman–Crippen MR) is 80.9 cm³/mol. The number of benzene rings is 2. The van der Waals surface area contributed by atoms with Crippen LogP contribution in [0.1, 0.15) is 30.4 Å². The standard InChI is InChI=1S/C17H19NO2/c1-3-14(13-7-5-4-6-8-13)17(20)18-15-11-12(2)9-10-16(15)19/h4-11,14,19H,3H2,1-2H3,(H,18,20). The fraction of sp³-hybridized carbons (Fsp3) is 0.235. The van der Waals surface area contributed by atoms with E-state index in [1.807, 2.05) is 44.2 Å². The minimum Gasteiger partial charge on any atom is -0.506 e. The van der Waals surface area contributed by atoms with Crippen LogP contribution >= 0.6 is 0 Å². The van der Waals surface area contributed by atoms with Crippen molar-refractivity contribution in [2.45, 2.75) is 26.2 Å². The Bertz CT molecular complexity index is 593. The number of aromatic hydroxyl groups is 1. The van der Waals surface area contributed by atoms with Gasteiger partial charge in [-0.15, -0.1) is 0 Å². The molecule has 2 aromatic carbocycles. The summed E-state index contributed by atoms with van der Waals surface area (Å²) < 4.78 is 0. The number of carbonyl (C=O) groups is 1. The van der Waals surface area contributed by atoms with Crippen LogP contribution in [0.25, 0.3) is 0 Å². The molecule has 20 heavy (non-hydrogen) atoms. The van der Waals surface area contributed by atoms with Gasteiger partial charge in [-0.05, 0) is 36.6 Å². The van der Waals surface area contributed by atoms with Crippen LogP contribution < -0.4 is 5.32 Å². The molecule has 0 spiro atoms. The predicted octanol–water partition coefficient (Wildman–Crippen LogP) is 3.83. The molecule has 0 aliphatic heterocycles. The monoisotopic (exact) mass is 269 g/mol. The van der Waals surface area contributed by atoms with Gasteiger partial charge in [0.1, 0.15) is 5.75 Å². The van der Waals surface area contributed by atoms with Crippen LogP contribution in [0.5, 0.6) is 5.75 Å². The van der Waals surface area contributed by atoms with Gasteiger partial charge in [0.2, 0.25) is 5.91 Å². The molecule has 0 radical (unpaired) electrons. The van der Waals surface area contributed by atoms with Gasteiger partial charge < -0.3 is 10.4 Å². The van der Waals surface area contributed by atoms with Crippen LogP contribution in [0.15, 0.2) is 48.5 Å². The highest BCUT2D eigenvalue weighted by Gasteiger charge is 2.19. The summed E-state index contributed by atoms with van der Waals surface area (Å²) in [6.45, 7) is 3.90. The van der Waals surface area contributed by atoms with E-state index >= 15 is 0 Å². The van der Waals surface area contributed by atoms with E-state index in [-0.39, 0.29) is 17.6 Å². The van der Waals surface area contributed by atoms with E-state index in [1.54, 1.807) is 18.2 Å². The Morgan fingerprint density at radius 3 is 2.55 bits per heavy atom. The summed E-state index contributed by atoms with van der Waals surface area (Å²) in [6, 6.07) is 14.8. The number of hydrogen-bond acceptors (Lipinski definition) is 2. The molecule has 0 aliphatic carbocycles. The Hall–Kier alpha value is -2.29. The fourth-order valence-corrected chi connectivity index (χ4v) is 2.23. The van der Waals surface area contributed by atoms with Crippen molar-refractivity contribution in [3.05, 3.63) is 59.7 Å². The van der Waals surface area contributed by atoms with Gasteiger partial charge in [0.05, 0.1) is 11.6 Å². The second-order valence-electron chi connectivity index (χ2n) is 4.88. The average molecular weight is 269 g/mol. The number of hydrogen-bond donors (Lipinski definition) is 2. The number of aryl methyl sites for hydroxylation is 1. The lowest BCUT2D eigenvalue weighted by Gasteiger charge is -2.16. The van der Waals surface area contributed by atoms with Gasteiger partial charge in [0, 0.05) is 0 Å². The van der Waals surface area contributed by atoms with E-state index in [1.165, 1.54) is 0 Å². The molecule has 0 saturated heterocycles. The molecule has 0 aliphatic rings. The molecule has 0 heterocycles. The largest absolute Gasteiger partial charge is 0.506 e. The minimum absolute atomic E-state index is 0.0897. The molecular weight excluding hydrogens is 250 g/mol. The highest BCUT2D eigenvalue weighted by molar-refractivity contribution is 5.97. The third kappa shape index (κ3) is 3.18. The third-order valence-electron chi connectivity index (χ3n) is 3.34. The molecule has 0 aromatic heterocycles. The van der Waals surface area contributed by atoms with Gasteiger partial charge in [-0.25, -0.2) is 0 Å². The first kappa shape index (κ1) is 14.1. The number of carbonyl (C=O) groups excluding carboxylic acids is 1. The molecule has 3 heteroatoms. The van der Waals surface area contributed by atoms with Crippen molar-refractivity contribution in [2.75, 3.05) is 5.32 Å². The summed E-state index contributed by atoms with van der Waals surface area (Å²) in [7, 11) is 0. The van der Waals surface area contributed by atoms with E-state index in [0.29, 0.717) is 12.1 Å². The van der Waals surface area contributed by atoms with Gasteiger partial charge in [0.15, 0.2) is 0 Å². The summed E-state index contributed by atoms with van der Waals surface area (Å²) in [6.07, 6.45) is 0.711. The van der Waals surface area contributed by atoms with Crippen LogP contribution in [0.4, 0.5) is 5.69 Å². The quantitative estimate of drug-likeness (QED) is 0.829. The van der Waals surface area contributed by atoms with Gasteiger partial charge in [-0.1, -0.05) is 43.3 Å². The van der Waals surface area contributed by atoms with Gasteiger partial charge in [-0.2, -0.15) is 0 Å². The summed E-state index contributed by atoms with van der Waals surface area (Å²) in [4.78, 5) is 12.4. The Kier molecular flexibility index (Phi) is 4.41. The van der Waals surface area contributed by atoms with Crippen LogP contribution in [0.3, 0.4) is 0 Å². The zero-order valence-electron chi connectivity index (χ0n) is 11.8. The average Bonchev–Trinajstić information content (AvgIpc) is 2.45. The molecule has 3 nitrogen and oxygen atoms in total. The summed E-state index contributed by atoms with van der Waals surface area (Å²) in [5.74, 6) is -0.220. The third-order valence-corrected chi connectivity index (χ3v) is 3.34. The fourth-order valence-electron chi connectivity index (χ4n) is 2.23. The lowest BCUT2D eigenvalue weighted by molar-refractivity contribution is -0.117. The van der Waals surface area contributed by atoms with Crippen LogP contribution in [-0.2, 0) is 4.79 Å². The summed E-state index contributed by atoms with van der Waals surface area (Å²) >= 11 is 0. The van der Waals surface area contributed by atoms with E-state index < -0.39 is 0 Å². The van der Waals surface area contributed by atoms with Gasteiger partial charge in [0.25, 0.3) is 0 Å². The lowest BCUT2D eigenvalue weighted by atomic mass is 9.95. The minimum atomic E-state index is -0.212. The molecule has 2 aromatic rings. The normalized spacial score (nSPS) is 11.9. The first-order valence-electron chi connectivity index (χ1n) is 6.77. The maximum absolute atomic E-state index is 12.4. The SMILES string of the molecule is CCC(C(=O)Nc1cc(C)ccc1O)c1ccccc1. The first-order chi connectivity index (χ1) is 9.61. The zero-order valence-corrected chi connectivity index (χ0v) is 11.8. The molecule has 0 fully saturated rings. The molecular formula is C17H19NO2. The van der Waals surface area contributed by atoms with E-state index in [0.717, 1.165) is 11.1 Å².